The number of hydrogen-bond acceptors (Lipinski definition) is 2. The molecular formula is C10H33NO. The molecule has 84 valence electrons. The van der Waals surface area contributed by atoms with Crippen LogP contribution in [0.25, 0.3) is 0 Å². The SMILES string of the molecule is C.C.C.C.C.C.C1COCCN1. The molecule has 0 aromatic carbocycles. The van der Waals surface area contributed by atoms with Gasteiger partial charge in [-0.15, -0.1) is 0 Å². The standard InChI is InChI=1S/C4H9NO.6CH4/c1-3-6-4-2-5-1;;;;;;/h5H,1-4H2;6*1H4. The van der Waals surface area contributed by atoms with Crippen LogP contribution in [0.5, 0.6) is 0 Å². The molecule has 0 aromatic rings. The second-order valence-electron chi connectivity index (χ2n) is 1.36. The number of nitrogens with one attached hydrogen (secondary N) is 1. The molecule has 1 rings (SSSR count). The van der Waals surface area contributed by atoms with Gasteiger partial charge in [-0.05, 0) is 0 Å². The topological polar surface area (TPSA) is 21.3 Å². The molecule has 0 bridgehead atoms. The lowest BCUT2D eigenvalue weighted by molar-refractivity contribution is 0.109. The van der Waals surface area contributed by atoms with E-state index < -0.39 is 0 Å². The van der Waals surface area contributed by atoms with Gasteiger partial charge in [0.25, 0.3) is 0 Å². The Hall–Kier alpha value is -0.0800. The Bertz CT molecular complexity index is 25.3. The van der Waals surface area contributed by atoms with E-state index in [1.807, 2.05) is 0 Å². The van der Waals surface area contributed by atoms with Crippen molar-refractivity contribution in [2.24, 2.45) is 0 Å². The number of rotatable bonds is 0. The van der Waals surface area contributed by atoms with E-state index in [9.17, 15) is 0 Å². The molecule has 0 aliphatic carbocycles. The summed E-state index contributed by atoms with van der Waals surface area (Å²) in [5, 5.41) is 3.16. The van der Waals surface area contributed by atoms with Gasteiger partial charge in [-0.1, -0.05) is 44.6 Å². The van der Waals surface area contributed by atoms with Crippen LogP contribution in [0.2, 0.25) is 0 Å². The number of hydrogen-bond donors (Lipinski definition) is 1. The molecule has 1 N–H and O–H groups in total. The normalized spacial score (nSPS) is 12.0. The molecule has 0 radical (unpaired) electrons. The highest BCUT2D eigenvalue weighted by Gasteiger charge is 1.92. The van der Waals surface area contributed by atoms with E-state index in [0.29, 0.717) is 0 Å². The molecule has 2 heteroatoms. The van der Waals surface area contributed by atoms with Gasteiger partial charge >= 0.3 is 0 Å². The molecule has 0 aromatic heterocycles. The third kappa shape index (κ3) is 22.5. The van der Waals surface area contributed by atoms with Crippen LogP contribution in [0.1, 0.15) is 44.6 Å². The van der Waals surface area contributed by atoms with E-state index in [1.54, 1.807) is 0 Å². The van der Waals surface area contributed by atoms with E-state index in [2.05, 4.69) is 5.32 Å². The van der Waals surface area contributed by atoms with Crippen LogP contribution in [0.3, 0.4) is 0 Å². The van der Waals surface area contributed by atoms with Crippen LogP contribution in [-0.2, 0) is 4.74 Å². The van der Waals surface area contributed by atoms with Gasteiger partial charge in [0.1, 0.15) is 0 Å². The van der Waals surface area contributed by atoms with Gasteiger partial charge in [0, 0.05) is 13.1 Å². The van der Waals surface area contributed by atoms with Crippen LogP contribution in [-0.4, -0.2) is 26.3 Å². The maximum atomic E-state index is 5.01. The summed E-state index contributed by atoms with van der Waals surface area (Å²) in [6.07, 6.45) is 0. The Morgan fingerprint density at radius 2 is 1.00 bits per heavy atom. The average molecular weight is 183 g/mol. The molecule has 1 aliphatic heterocycles. The summed E-state index contributed by atoms with van der Waals surface area (Å²) in [7, 11) is 0. The second kappa shape index (κ2) is 30.7. The molecule has 1 fully saturated rings. The predicted molar refractivity (Wildman–Crippen MR) is 64.1 cm³/mol. The third-order valence-corrected chi connectivity index (χ3v) is 0.846. The lowest BCUT2D eigenvalue weighted by Crippen LogP contribution is -2.30. The summed E-state index contributed by atoms with van der Waals surface area (Å²) >= 11 is 0. The lowest BCUT2D eigenvalue weighted by atomic mass is 10.5. The van der Waals surface area contributed by atoms with Gasteiger partial charge in [-0.2, -0.15) is 0 Å². The van der Waals surface area contributed by atoms with Crippen molar-refractivity contribution >= 4 is 0 Å². The molecule has 0 amide bonds. The van der Waals surface area contributed by atoms with Crippen molar-refractivity contribution in [3.05, 3.63) is 0 Å². The lowest BCUT2D eigenvalue weighted by Gasteiger charge is -2.10. The van der Waals surface area contributed by atoms with Crippen molar-refractivity contribution < 1.29 is 4.74 Å². The zero-order chi connectivity index (χ0) is 4.24. The molecule has 0 saturated carbocycles. The summed E-state index contributed by atoms with van der Waals surface area (Å²) in [5.41, 5.74) is 0. The van der Waals surface area contributed by atoms with Crippen LogP contribution in [0.4, 0.5) is 0 Å². The minimum atomic E-state index is 0. The monoisotopic (exact) mass is 183 g/mol. The molecule has 1 aliphatic rings. The smallest absolute Gasteiger partial charge is 0.0591 e. The highest BCUT2D eigenvalue weighted by molar-refractivity contribution is 4.49. The Labute approximate surface area is 81.7 Å². The number of morpholine rings is 1. The first kappa shape index (κ1) is 40.6. The van der Waals surface area contributed by atoms with Crippen LogP contribution in [0, 0.1) is 0 Å². The second-order valence-corrected chi connectivity index (χ2v) is 1.36. The maximum absolute atomic E-state index is 5.01. The van der Waals surface area contributed by atoms with Crippen LogP contribution >= 0.6 is 0 Å². The predicted octanol–water partition coefficient (Wildman–Crippen LogP) is 3.42. The molecule has 12 heavy (non-hydrogen) atoms. The fourth-order valence-corrected chi connectivity index (χ4v) is 0.516. The fourth-order valence-electron chi connectivity index (χ4n) is 0.516. The highest BCUT2D eigenvalue weighted by atomic mass is 16.5. The van der Waals surface area contributed by atoms with Crippen molar-refractivity contribution in [1.82, 2.24) is 5.32 Å². The molecular weight excluding hydrogens is 150 g/mol. The van der Waals surface area contributed by atoms with E-state index in [4.69, 9.17) is 4.74 Å². The van der Waals surface area contributed by atoms with Crippen molar-refractivity contribution in [2.45, 2.75) is 44.6 Å². The van der Waals surface area contributed by atoms with Crippen molar-refractivity contribution in [1.29, 1.82) is 0 Å². The van der Waals surface area contributed by atoms with Crippen molar-refractivity contribution in [3.63, 3.8) is 0 Å². The minimum Gasteiger partial charge on any atom is -0.379 e. The number of ether oxygens (including phenoxy) is 1. The molecule has 0 atom stereocenters. The Morgan fingerprint density at radius 3 is 1.08 bits per heavy atom. The third-order valence-electron chi connectivity index (χ3n) is 0.846. The Kier molecular flexibility index (Phi) is 104. The van der Waals surface area contributed by atoms with Gasteiger partial charge in [-0.3, -0.25) is 0 Å². The van der Waals surface area contributed by atoms with Crippen molar-refractivity contribution in [3.8, 4) is 0 Å². The molecule has 0 spiro atoms. The Balaban J connectivity index is -0.0000000150. The minimum absolute atomic E-state index is 0. The summed E-state index contributed by atoms with van der Waals surface area (Å²) in [6.45, 7) is 3.83. The summed E-state index contributed by atoms with van der Waals surface area (Å²) in [6, 6.07) is 0. The van der Waals surface area contributed by atoms with Gasteiger partial charge in [0.05, 0.1) is 13.2 Å². The quantitative estimate of drug-likeness (QED) is 0.621. The first-order valence-corrected chi connectivity index (χ1v) is 2.28. The van der Waals surface area contributed by atoms with Gasteiger partial charge in [-0.25, -0.2) is 0 Å². The highest BCUT2D eigenvalue weighted by Crippen LogP contribution is 1.76. The van der Waals surface area contributed by atoms with E-state index in [1.165, 1.54) is 0 Å². The van der Waals surface area contributed by atoms with Crippen LogP contribution in [0.15, 0.2) is 0 Å². The largest absolute Gasteiger partial charge is 0.379 e. The molecule has 0 unspecified atom stereocenters. The van der Waals surface area contributed by atoms with E-state index >= 15 is 0 Å². The maximum Gasteiger partial charge on any atom is 0.0591 e. The zero-order valence-corrected chi connectivity index (χ0v) is 3.74. The molecule has 2 nitrogen and oxygen atoms in total. The van der Waals surface area contributed by atoms with Gasteiger partial charge in [0.15, 0.2) is 0 Å². The van der Waals surface area contributed by atoms with E-state index in [0.717, 1.165) is 26.3 Å². The summed E-state index contributed by atoms with van der Waals surface area (Å²) in [4.78, 5) is 0. The van der Waals surface area contributed by atoms with E-state index in [-0.39, 0.29) is 44.6 Å². The van der Waals surface area contributed by atoms with Crippen molar-refractivity contribution in [2.75, 3.05) is 26.3 Å². The summed E-state index contributed by atoms with van der Waals surface area (Å²) < 4.78 is 5.01. The fraction of sp³-hybridized carbons (Fsp3) is 1.00. The van der Waals surface area contributed by atoms with Gasteiger partial charge in [0.2, 0.25) is 0 Å². The first-order valence-electron chi connectivity index (χ1n) is 2.28. The van der Waals surface area contributed by atoms with Gasteiger partial charge < -0.3 is 10.1 Å². The zero-order valence-electron chi connectivity index (χ0n) is 3.74. The Morgan fingerprint density at radius 1 is 0.667 bits per heavy atom. The van der Waals surface area contributed by atoms with Crippen LogP contribution < -0.4 is 5.32 Å². The molecule has 1 heterocycles. The average Bonchev–Trinajstić information content (AvgIpc) is 1.72. The molecule has 1 saturated heterocycles. The first-order chi connectivity index (χ1) is 3.00. The summed E-state index contributed by atoms with van der Waals surface area (Å²) in [5.74, 6) is 0.